The molecule has 0 aliphatic heterocycles. The summed E-state index contributed by atoms with van der Waals surface area (Å²) in [4.78, 5) is 28.7. The number of furan rings is 1. The highest BCUT2D eigenvalue weighted by molar-refractivity contribution is 5.94. The van der Waals surface area contributed by atoms with Crippen LogP contribution in [0.3, 0.4) is 0 Å². The zero-order chi connectivity index (χ0) is 15.9. The van der Waals surface area contributed by atoms with Crippen molar-refractivity contribution in [2.75, 3.05) is 19.7 Å². The second kappa shape index (κ2) is 7.61. The first kappa shape index (κ1) is 16.0. The van der Waals surface area contributed by atoms with Gasteiger partial charge in [0, 0.05) is 13.1 Å². The quantitative estimate of drug-likeness (QED) is 0.817. The average Bonchev–Trinajstić information content (AvgIpc) is 3.05. The molecule has 2 heterocycles. The van der Waals surface area contributed by atoms with Crippen LogP contribution in [0.2, 0.25) is 0 Å². The molecule has 0 radical (unpaired) electrons. The van der Waals surface area contributed by atoms with Crippen LogP contribution in [0.4, 0.5) is 0 Å². The molecule has 0 unspecified atom stereocenters. The van der Waals surface area contributed by atoms with Gasteiger partial charge >= 0.3 is 0 Å². The van der Waals surface area contributed by atoms with Gasteiger partial charge in [0.1, 0.15) is 11.3 Å². The lowest BCUT2D eigenvalue weighted by atomic mass is 10.2. The van der Waals surface area contributed by atoms with Gasteiger partial charge in [-0.3, -0.25) is 9.59 Å². The second-order valence-electron chi connectivity index (χ2n) is 4.96. The van der Waals surface area contributed by atoms with Crippen LogP contribution >= 0.6 is 0 Å². The van der Waals surface area contributed by atoms with E-state index in [9.17, 15) is 9.59 Å². The van der Waals surface area contributed by atoms with Gasteiger partial charge in [-0.15, -0.1) is 0 Å². The number of hydrogen-bond donors (Lipinski definition) is 2. The van der Waals surface area contributed by atoms with Gasteiger partial charge in [-0.2, -0.15) is 0 Å². The average molecular weight is 304 g/mol. The van der Waals surface area contributed by atoms with Crippen LogP contribution in [-0.4, -0.2) is 40.6 Å². The number of carbonyl (C=O) groups excluding carboxylic acids is 1. The maximum absolute atomic E-state index is 12.4. The molecule has 6 nitrogen and oxygen atoms in total. The first-order valence-electron chi connectivity index (χ1n) is 7.34. The molecule has 2 aromatic heterocycles. The van der Waals surface area contributed by atoms with Crippen LogP contribution in [0.25, 0.3) is 11.5 Å². The maximum atomic E-state index is 12.4. The number of H-pyrrole nitrogens is 1. The van der Waals surface area contributed by atoms with Crippen LogP contribution in [0.5, 0.6) is 0 Å². The van der Waals surface area contributed by atoms with Crippen molar-refractivity contribution in [3.05, 3.63) is 46.4 Å². The number of aromatic nitrogens is 1. The minimum Gasteiger partial charge on any atom is -0.463 e. The summed E-state index contributed by atoms with van der Waals surface area (Å²) in [6, 6.07) is 6.59. The Morgan fingerprint density at radius 2 is 2.14 bits per heavy atom. The normalized spacial score (nSPS) is 10.6. The van der Waals surface area contributed by atoms with Crippen molar-refractivity contribution in [3.8, 4) is 11.5 Å². The van der Waals surface area contributed by atoms with E-state index >= 15 is 0 Å². The zero-order valence-corrected chi connectivity index (χ0v) is 12.5. The third-order valence-corrected chi connectivity index (χ3v) is 3.37. The number of unbranched alkanes of at least 4 members (excludes halogenated alkanes) is 1. The molecule has 2 rings (SSSR count). The molecule has 2 aromatic rings. The van der Waals surface area contributed by atoms with Gasteiger partial charge in [0.05, 0.1) is 18.6 Å². The Bertz CT molecular complexity index is 661. The standard InChI is InChI=1S/C16H20N2O4/c1-2-3-8-18(9-10-19)16(21)12-6-7-13(17-15(12)20)14-5-4-11-22-14/h4-7,11,19H,2-3,8-10H2,1H3,(H,17,20). The fourth-order valence-electron chi connectivity index (χ4n) is 2.17. The largest absolute Gasteiger partial charge is 0.463 e. The van der Waals surface area contributed by atoms with E-state index in [0.29, 0.717) is 18.0 Å². The smallest absolute Gasteiger partial charge is 0.261 e. The number of carbonyl (C=O) groups is 1. The Morgan fingerprint density at radius 1 is 1.32 bits per heavy atom. The number of pyridine rings is 1. The molecular weight excluding hydrogens is 284 g/mol. The summed E-state index contributed by atoms with van der Waals surface area (Å²) in [5, 5.41) is 9.08. The number of nitrogens with one attached hydrogen (secondary N) is 1. The highest BCUT2D eigenvalue weighted by Gasteiger charge is 2.18. The molecule has 6 heteroatoms. The van der Waals surface area contributed by atoms with Crippen LogP contribution in [-0.2, 0) is 0 Å². The molecule has 118 valence electrons. The molecule has 0 spiro atoms. The Morgan fingerprint density at radius 3 is 2.73 bits per heavy atom. The van der Waals surface area contributed by atoms with Crippen molar-refractivity contribution in [1.82, 2.24) is 9.88 Å². The lowest BCUT2D eigenvalue weighted by molar-refractivity contribution is 0.0717. The van der Waals surface area contributed by atoms with Crippen molar-refractivity contribution in [2.45, 2.75) is 19.8 Å². The number of nitrogens with zero attached hydrogens (tertiary/aromatic N) is 1. The lowest BCUT2D eigenvalue weighted by Gasteiger charge is -2.21. The van der Waals surface area contributed by atoms with E-state index in [0.717, 1.165) is 12.8 Å². The molecule has 0 saturated heterocycles. The summed E-state index contributed by atoms with van der Waals surface area (Å²) >= 11 is 0. The van der Waals surface area contributed by atoms with Crippen molar-refractivity contribution in [2.24, 2.45) is 0 Å². The van der Waals surface area contributed by atoms with Crippen molar-refractivity contribution in [3.63, 3.8) is 0 Å². The molecule has 22 heavy (non-hydrogen) atoms. The van der Waals surface area contributed by atoms with Crippen LogP contribution in [0, 0.1) is 0 Å². The molecule has 0 aliphatic carbocycles. The SMILES string of the molecule is CCCCN(CCO)C(=O)c1ccc(-c2ccco2)[nH]c1=O. The summed E-state index contributed by atoms with van der Waals surface area (Å²) in [5.41, 5.74) is 0.131. The van der Waals surface area contributed by atoms with E-state index in [1.165, 1.54) is 17.2 Å². The van der Waals surface area contributed by atoms with Crippen molar-refractivity contribution in [1.29, 1.82) is 0 Å². The highest BCUT2D eigenvalue weighted by Crippen LogP contribution is 2.16. The molecule has 1 amide bonds. The van der Waals surface area contributed by atoms with Crippen LogP contribution < -0.4 is 5.56 Å². The van der Waals surface area contributed by atoms with Gasteiger partial charge in [0.15, 0.2) is 0 Å². The minimum absolute atomic E-state index is 0.0693. The van der Waals surface area contributed by atoms with Crippen LogP contribution in [0.1, 0.15) is 30.1 Å². The fourth-order valence-corrected chi connectivity index (χ4v) is 2.17. The highest BCUT2D eigenvalue weighted by atomic mass is 16.3. The first-order valence-corrected chi connectivity index (χ1v) is 7.34. The van der Waals surface area contributed by atoms with E-state index in [4.69, 9.17) is 9.52 Å². The number of rotatable bonds is 7. The Balaban J connectivity index is 2.23. The number of amides is 1. The van der Waals surface area contributed by atoms with Gasteiger partial charge < -0.3 is 19.4 Å². The molecule has 0 saturated carbocycles. The van der Waals surface area contributed by atoms with E-state index < -0.39 is 5.56 Å². The van der Waals surface area contributed by atoms with Gasteiger partial charge in [0.2, 0.25) is 0 Å². The van der Waals surface area contributed by atoms with E-state index in [1.54, 1.807) is 18.2 Å². The van der Waals surface area contributed by atoms with E-state index in [2.05, 4.69) is 4.98 Å². The Labute approximate surface area is 128 Å². The summed E-state index contributed by atoms with van der Waals surface area (Å²) in [6.07, 6.45) is 3.28. The third kappa shape index (κ3) is 3.65. The topological polar surface area (TPSA) is 86.5 Å². The molecule has 0 aromatic carbocycles. The Kier molecular flexibility index (Phi) is 5.55. The summed E-state index contributed by atoms with van der Waals surface area (Å²) in [7, 11) is 0. The lowest BCUT2D eigenvalue weighted by Crippen LogP contribution is -2.37. The van der Waals surface area contributed by atoms with Gasteiger partial charge in [-0.1, -0.05) is 13.3 Å². The van der Waals surface area contributed by atoms with Crippen molar-refractivity contribution >= 4 is 5.91 Å². The minimum atomic E-state index is -0.460. The molecule has 0 aliphatic rings. The number of aliphatic hydroxyl groups excluding tert-OH is 1. The summed E-state index contributed by atoms with van der Waals surface area (Å²) < 4.78 is 5.22. The maximum Gasteiger partial charge on any atom is 0.261 e. The monoisotopic (exact) mass is 304 g/mol. The Hall–Kier alpha value is -2.34. The molecule has 0 bridgehead atoms. The van der Waals surface area contributed by atoms with Crippen LogP contribution in [0.15, 0.2) is 39.7 Å². The second-order valence-corrected chi connectivity index (χ2v) is 4.96. The van der Waals surface area contributed by atoms with E-state index in [1.807, 2.05) is 6.92 Å². The predicted octanol–water partition coefficient (Wildman–Crippen LogP) is 1.87. The van der Waals surface area contributed by atoms with E-state index in [-0.39, 0.29) is 24.6 Å². The van der Waals surface area contributed by atoms with Gasteiger partial charge in [0.25, 0.3) is 11.5 Å². The van der Waals surface area contributed by atoms with Gasteiger partial charge in [-0.05, 0) is 30.7 Å². The third-order valence-electron chi connectivity index (χ3n) is 3.37. The molecule has 0 atom stereocenters. The molecular formula is C16H20N2O4. The van der Waals surface area contributed by atoms with Gasteiger partial charge in [-0.25, -0.2) is 0 Å². The number of hydrogen-bond acceptors (Lipinski definition) is 4. The fraction of sp³-hybridized carbons (Fsp3) is 0.375. The number of aliphatic hydroxyl groups is 1. The van der Waals surface area contributed by atoms with Crippen molar-refractivity contribution < 1.29 is 14.3 Å². The zero-order valence-electron chi connectivity index (χ0n) is 12.5. The first-order chi connectivity index (χ1) is 10.7. The predicted molar refractivity (Wildman–Crippen MR) is 82.7 cm³/mol. The number of aromatic amines is 1. The molecule has 2 N–H and O–H groups in total. The summed E-state index contributed by atoms with van der Waals surface area (Å²) in [5.74, 6) is 0.170. The summed E-state index contributed by atoms with van der Waals surface area (Å²) in [6.45, 7) is 2.64. The molecule has 0 fully saturated rings.